The van der Waals surface area contributed by atoms with Gasteiger partial charge in [0.05, 0.1) is 13.2 Å². The predicted octanol–water partition coefficient (Wildman–Crippen LogP) is 0.184. The van der Waals surface area contributed by atoms with Crippen molar-refractivity contribution in [2.75, 3.05) is 24.0 Å². The van der Waals surface area contributed by atoms with Crippen LogP contribution < -0.4 is 17.1 Å². The minimum absolute atomic E-state index is 0.0313. The maximum Gasteiger partial charge on any atom is 0.336 e. The Labute approximate surface area is 153 Å². The first-order valence-corrected chi connectivity index (χ1v) is 9.52. The van der Waals surface area contributed by atoms with E-state index in [2.05, 4.69) is 0 Å². The van der Waals surface area contributed by atoms with Crippen molar-refractivity contribution in [2.45, 2.75) is 19.6 Å². The molecule has 0 radical (unpaired) electrons. The van der Waals surface area contributed by atoms with Gasteiger partial charge >= 0.3 is 17.1 Å². The van der Waals surface area contributed by atoms with Gasteiger partial charge in [0.25, 0.3) is 0 Å². The monoisotopic (exact) mass is 385 g/mol. The van der Waals surface area contributed by atoms with Crippen LogP contribution in [-0.4, -0.2) is 42.8 Å². The second kappa shape index (κ2) is 9.65. The van der Waals surface area contributed by atoms with Gasteiger partial charge in [0, 0.05) is 30.5 Å². The van der Waals surface area contributed by atoms with Crippen LogP contribution in [0.3, 0.4) is 0 Å². The molecule has 1 N–H and O–H groups in total. The zero-order chi connectivity index (χ0) is 18.2. The molecule has 9 heteroatoms. The summed E-state index contributed by atoms with van der Waals surface area (Å²) in [6, 6.07) is 9.10. The lowest BCUT2D eigenvalue weighted by Crippen LogP contribution is -2.55. The van der Waals surface area contributed by atoms with Crippen LogP contribution in [0.15, 0.2) is 44.7 Å². The van der Waals surface area contributed by atoms with Crippen LogP contribution in [0.5, 0.6) is 0 Å². The number of aliphatic hydroxyl groups excluding tert-OH is 1. The summed E-state index contributed by atoms with van der Waals surface area (Å²) in [5.41, 5.74) is -1.14. The van der Waals surface area contributed by atoms with E-state index in [-0.39, 0.29) is 32.1 Å². The van der Waals surface area contributed by atoms with Crippen LogP contribution in [0.4, 0.5) is 0 Å². The summed E-state index contributed by atoms with van der Waals surface area (Å²) in [5, 5.41) is 8.82. The topological polar surface area (TPSA) is 86.2 Å². The summed E-state index contributed by atoms with van der Waals surface area (Å²) >= 11 is 7.13. The molecule has 0 aliphatic rings. The molecule has 25 heavy (non-hydrogen) atoms. The average Bonchev–Trinajstić information content (AvgIpc) is 2.62. The highest BCUT2D eigenvalue weighted by Crippen LogP contribution is 2.00. The summed E-state index contributed by atoms with van der Waals surface area (Å²) < 4.78 is 3.11. The predicted molar refractivity (Wildman–Crippen MR) is 99.9 cm³/mol. The summed E-state index contributed by atoms with van der Waals surface area (Å²) in [6.07, 6.45) is 0. The number of hydrogen-bond acceptors (Lipinski definition) is 5. The molecule has 0 aliphatic heterocycles. The van der Waals surface area contributed by atoms with Gasteiger partial charge < -0.3 is 5.11 Å². The molecule has 0 amide bonds. The molecule has 1 aromatic carbocycles. The highest BCUT2D eigenvalue weighted by Gasteiger charge is 2.15. The van der Waals surface area contributed by atoms with Crippen molar-refractivity contribution in [2.24, 2.45) is 0 Å². The van der Waals surface area contributed by atoms with Gasteiger partial charge in [-0.15, -0.1) is 11.6 Å². The second-order valence-corrected chi connectivity index (χ2v) is 6.85. The molecule has 0 atom stereocenters. The van der Waals surface area contributed by atoms with E-state index in [1.54, 1.807) is 0 Å². The minimum atomic E-state index is -0.654. The molecule has 136 valence electrons. The Hall–Kier alpha value is -1.77. The van der Waals surface area contributed by atoms with Crippen molar-refractivity contribution in [3.05, 3.63) is 67.3 Å². The fourth-order valence-electron chi connectivity index (χ4n) is 2.37. The second-order valence-electron chi connectivity index (χ2n) is 5.25. The Balaban J connectivity index is 2.46. The number of alkyl halides is 1. The molecule has 0 unspecified atom stereocenters. The number of aromatic nitrogens is 3. The minimum Gasteiger partial charge on any atom is -0.396 e. The van der Waals surface area contributed by atoms with E-state index in [1.807, 2.05) is 30.3 Å². The van der Waals surface area contributed by atoms with Crippen LogP contribution in [0.25, 0.3) is 0 Å². The van der Waals surface area contributed by atoms with Crippen molar-refractivity contribution in [3.63, 3.8) is 0 Å². The SMILES string of the molecule is O=c1n(CCCl)c(=O)n(Cc2ccccc2)c(=O)n1CCSCCO. The molecular formula is C16H20ClN3O4S. The van der Waals surface area contributed by atoms with Gasteiger partial charge in [-0.1, -0.05) is 30.3 Å². The third kappa shape index (κ3) is 4.87. The molecule has 0 saturated carbocycles. The van der Waals surface area contributed by atoms with Crippen LogP contribution in [0.1, 0.15) is 5.56 Å². The molecule has 7 nitrogen and oxygen atoms in total. The van der Waals surface area contributed by atoms with Gasteiger partial charge in [-0.3, -0.25) is 0 Å². The molecular weight excluding hydrogens is 366 g/mol. The molecule has 1 heterocycles. The van der Waals surface area contributed by atoms with Gasteiger partial charge in [-0.05, 0) is 5.56 Å². The first-order chi connectivity index (χ1) is 12.1. The number of thioether (sulfide) groups is 1. The van der Waals surface area contributed by atoms with Gasteiger partial charge in [0.1, 0.15) is 0 Å². The van der Waals surface area contributed by atoms with E-state index in [9.17, 15) is 14.4 Å². The quantitative estimate of drug-likeness (QED) is 0.491. The Bertz CT molecular complexity index is 860. The van der Waals surface area contributed by atoms with Gasteiger partial charge in [0.15, 0.2) is 0 Å². The molecule has 0 aliphatic carbocycles. The van der Waals surface area contributed by atoms with E-state index in [4.69, 9.17) is 16.7 Å². The lowest BCUT2D eigenvalue weighted by Gasteiger charge is -2.13. The Kier molecular flexibility index (Phi) is 7.54. The number of benzene rings is 1. The molecule has 0 fully saturated rings. The fraction of sp³-hybridized carbons (Fsp3) is 0.438. The highest BCUT2D eigenvalue weighted by atomic mass is 35.5. The van der Waals surface area contributed by atoms with Gasteiger partial charge in [0.2, 0.25) is 0 Å². The molecule has 2 rings (SSSR count). The van der Waals surface area contributed by atoms with Crippen molar-refractivity contribution in [1.82, 2.24) is 13.7 Å². The van der Waals surface area contributed by atoms with E-state index in [0.717, 1.165) is 19.3 Å². The lowest BCUT2D eigenvalue weighted by molar-refractivity contribution is 0.322. The Morgan fingerprint density at radius 2 is 1.48 bits per heavy atom. The van der Waals surface area contributed by atoms with Crippen molar-refractivity contribution in [3.8, 4) is 0 Å². The normalized spacial score (nSPS) is 11.0. The van der Waals surface area contributed by atoms with E-state index in [1.165, 1.54) is 11.8 Å². The number of nitrogens with zero attached hydrogens (tertiary/aromatic N) is 3. The largest absolute Gasteiger partial charge is 0.396 e. The first kappa shape index (κ1) is 19.6. The Morgan fingerprint density at radius 1 is 0.880 bits per heavy atom. The zero-order valence-electron chi connectivity index (χ0n) is 13.6. The molecule has 0 saturated heterocycles. The molecule has 0 spiro atoms. The number of aliphatic hydroxyl groups is 1. The van der Waals surface area contributed by atoms with Crippen LogP contribution in [0, 0.1) is 0 Å². The number of rotatable bonds is 9. The van der Waals surface area contributed by atoms with E-state index < -0.39 is 17.1 Å². The zero-order valence-corrected chi connectivity index (χ0v) is 15.2. The summed E-state index contributed by atoms with van der Waals surface area (Å²) in [6.45, 7) is 0.326. The lowest BCUT2D eigenvalue weighted by atomic mass is 10.2. The first-order valence-electron chi connectivity index (χ1n) is 7.83. The highest BCUT2D eigenvalue weighted by molar-refractivity contribution is 7.99. The Morgan fingerprint density at radius 3 is 2.08 bits per heavy atom. The molecule has 2 aromatic rings. The van der Waals surface area contributed by atoms with Crippen LogP contribution >= 0.6 is 23.4 Å². The maximum atomic E-state index is 12.7. The van der Waals surface area contributed by atoms with E-state index >= 15 is 0 Å². The molecule has 0 bridgehead atoms. The third-order valence-electron chi connectivity index (χ3n) is 3.57. The maximum absolute atomic E-state index is 12.7. The van der Waals surface area contributed by atoms with Crippen molar-refractivity contribution in [1.29, 1.82) is 0 Å². The van der Waals surface area contributed by atoms with E-state index in [0.29, 0.717) is 11.5 Å². The van der Waals surface area contributed by atoms with Crippen molar-refractivity contribution < 1.29 is 5.11 Å². The summed E-state index contributed by atoms with van der Waals surface area (Å²) in [4.78, 5) is 37.7. The number of halogens is 1. The van der Waals surface area contributed by atoms with Crippen LogP contribution in [0.2, 0.25) is 0 Å². The number of hydrogen-bond donors (Lipinski definition) is 1. The summed E-state index contributed by atoms with van der Waals surface area (Å²) in [5.74, 6) is 1.10. The van der Waals surface area contributed by atoms with Crippen molar-refractivity contribution >= 4 is 23.4 Å². The van der Waals surface area contributed by atoms with Crippen LogP contribution in [-0.2, 0) is 19.6 Å². The average molecular weight is 386 g/mol. The summed E-state index contributed by atoms with van der Waals surface area (Å²) in [7, 11) is 0. The van der Waals surface area contributed by atoms with Gasteiger partial charge in [-0.25, -0.2) is 28.1 Å². The third-order valence-corrected chi connectivity index (χ3v) is 4.68. The fourth-order valence-corrected chi connectivity index (χ4v) is 3.19. The smallest absolute Gasteiger partial charge is 0.336 e. The molecule has 1 aromatic heterocycles. The standard InChI is InChI=1S/C16H20ClN3O4S/c17-6-7-18-14(22)19(8-10-25-11-9-21)16(24)20(15(18)23)12-13-4-2-1-3-5-13/h1-5,21H,6-12H2. The van der Waals surface area contributed by atoms with Gasteiger partial charge in [-0.2, -0.15) is 11.8 Å².